The van der Waals surface area contributed by atoms with E-state index in [0.717, 1.165) is 11.3 Å². The summed E-state index contributed by atoms with van der Waals surface area (Å²) in [5.41, 5.74) is 2.26. The highest BCUT2D eigenvalue weighted by Crippen LogP contribution is 2.21. The molecule has 8 heteroatoms. The summed E-state index contributed by atoms with van der Waals surface area (Å²) in [4.78, 5) is 35.5. The fraction of sp³-hybridized carbons (Fsp3) is 0.400. The van der Waals surface area contributed by atoms with Crippen LogP contribution in [0.2, 0.25) is 0 Å². The van der Waals surface area contributed by atoms with Crippen LogP contribution in [0.1, 0.15) is 25.0 Å². The van der Waals surface area contributed by atoms with Gasteiger partial charge in [0.15, 0.2) is 0 Å². The highest BCUT2D eigenvalue weighted by atomic mass is 16.5. The molecule has 0 bridgehead atoms. The van der Waals surface area contributed by atoms with E-state index in [-0.39, 0.29) is 30.7 Å². The Balaban J connectivity index is 3.03. The maximum atomic E-state index is 11.6. The van der Waals surface area contributed by atoms with E-state index in [4.69, 9.17) is 14.7 Å². The van der Waals surface area contributed by atoms with Gasteiger partial charge in [-0.15, -0.1) is 0 Å². The SMILES string of the molecule is COC(=O)C(C#N)=Cc1ccc(N(CCOC(C)=O)CCOC(C)=O)cc1C. The number of hydrogen-bond donors (Lipinski definition) is 0. The zero-order chi connectivity index (χ0) is 21.1. The molecule has 150 valence electrons. The first-order valence-corrected chi connectivity index (χ1v) is 8.61. The van der Waals surface area contributed by atoms with Crippen LogP contribution < -0.4 is 4.90 Å². The zero-order valence-corrected chi connectivity index (χ0v) is 16.5. The highest BCUT2D eigenvalue weighted by Gasteiger charge is 2.12. The predicted octanol–water partition coefficient (Wildman–Crippen LogP) is 2.01. The number of carbonyl (C=O) groups excluding carboxylic acids is 3. The molecule has 0 unspecified atom stereocenters. The van der Waals surface area contributed by atoms with Gasteiger partial charge in [0.05, 0.1) is 20.2 Å². The maximum Gasteiger partial charge on any atom is 0.348 e. The Bertz CT molecular complexity index is 774. The molecule has 0 saturated heterocycles. The van der Waals surface area contributed by atoms with Crippen LogP contribution in [0.4, 0.5) is 5.69 Å². The second-order valence-electron chi connectivity index (χ2n) is 5.87. The summed E-state index contributed by atoms with van der Waals surface area (Å²) in [6.07, 6.45) is 1.47. The molecule has 0 saturated carbocycles. The number of rotatable bonds is 9. The highest BCUT2D eigenvalue weighted by molar-refractivity contribution is 5.98. The smallest absolute Gasteiger partial charge is 0.348 e. The van der Waals surface area contributed by atoms with Crippen LogP contribution in [0, 0.1) is 18.3 Å². The molecule has 0 radical (unpaired) electrons. The number of nitriles is 1. The standard InChI is InChI=1S/C20H24N2O6/c1-14-11-19(6-5-17(14)12-18(13-21)20(25)26-4)22(7-9-27-15(2)23)8-10-28-16(3)24/h5-6,11-12H,7-10H2,1-4H3. The van der Waals surface area contributed by atoms with E-state index in [1.165, 1.54) is 27.0 Å². The molecule has 28 heavy (non-hydrogen) atoms. The van der Waals surface area contributed by atoms with Crippen LogP contribution in [-0.2, 0) is 28.6 Å². The van der Waals surface area contributed by atoms with E-state index in [1.54, 1.807) is 6.07 Å². The largest absolute Gasteiger partial charge is 0.465 e. The molecular weight excluding hydrogens is 364 g/mol. The second kappa shape index (κ2) is 11.4. The number of benzene rings is 1. The minimum absolute atomic E-state index is 0.0973. The average Bonchev–Trinajstić information content (AvgIpc) is 2.64. The summed E-state index contributed by atoms with van der Waals surface area (Å²) in [7, 11) is 1.22. The Morgan fingerprint density at radius 2 is 1.68 bits per heavy atom. The van der Waals surface area contributed by atoms with E-state index < -0.39 is 5.97 Å². The van der Waals surface area contributed by atoms with Crippen molar-refractivity contribution in [1.82, 2.24) is 0 Å². The third-order valence-corrected chi connectivity index (χ3v) is 3.78. The summed E-state index contributed by atoms with van der Waals surface area (Å²) in [6, 6.07) is 7.28. The summed E-state index contributed by atoms with van der Waals surface area (Å²) < 4.78 is 14.6. The third kappa shape index (κ3) is 7.50. The number of ether oxygens (including phenoxy) is 3. The normalized spacial score (nSPS) is 10.6. The summed E-state index contributed by atoms with van der Waals surface area (Å²) in [6.45, 7) is 5.74. The van der Waals surface area contributed by atoms with Crippen molar-refractivity contribution in [2.75, 3.05) is 38.3 Å². The van der Waals surface area contributed by atoms with Crippen LogP contribution in [0.5, 0.6) is 0 Å². The first-order chi connectivity index (χ1) is 13.3. The van der Waals surface area contributed by atoms with Crippen molar-refractivity contribution in [3.8, 4) is 6.07 Å². The van der Waals surface area contributed by atoms with Gasteiger partial charge in [0.25, 0.3) is 0 Å². The van der Waals surface area contributed by atoms with Crippen LogP contribution >= 0.6 is 0 Å². The van der Waals surface area contributed by atoms with E-state index in [9.17, 15) is 14.4 Å². The number of nitrogens with zero attached hydrogens (tertiary/aromatic N) is 2. The molecule has 0 aliphatic heterocycles. The molecule has 8 nitrogen and oxygen atoms in total. The van der Waals surface area contributed by atoms with Crippen LogP contribution in [-0.4, -0.2) is 51.3 Å². The Morgan fingerprint density at radius 3 is 2.11 bits per heavy atom. The summed E-state index contributed by atoms with van der Waals surface area (Å²) in [5.74, 6) is -1.44. The van der Waals surface area contributed by atoms with Gasteiger partial charge >= 0.3 is 17.9 Å². The number of carbonyl (C=O) groups is 3. The topological polar surface area (TPSA) is 106 Å². The molecule has 0 aromatic heterocycles. The van der Waals surface area contributed by atoms with Crippen molar-refractivity contribution < 1.29 is 28.6 Å². The van der Waals surface area contributed by atoms with Crippen molar-refractivity contribution in [1.29, 1.82) is 5.26 Å². The van der Waals surface area contributed by atoms with Crippen molar-refractivity contribution in [3.05, 3.63) is 34.9 Å². The number of esters is 3. The van der Waals surface area contributed by atoms with E-state index in [2.05, 4.69) is 4.74 Å². The maximum absolute atomic E-state index is 11.6. The first kappa shape index (κ1) is 22.7. The first-order valence-electron chi connectivity index (χ1n) is 8.61. The molecular formula is C20H24N2O6. The van der Waals surface area contributed by atoms with Gasteiger partial charge in [-0.1, -0.05) is 6.07 Å². The molecule has 0 heterocycles. The van der Waals surface area contributed by atoms with Crippen LogP contribution in [0.3, 0.4) is 0 Å². The van der Waals surface area contributed by atoms with Gasteiger partial charge in [-0.05, 0) is 36.3 Å². The van der Waals surface area contributed by atoms with Crippen LogP contribution in [0.15, 0.2) is 23.8 Å². The van der Waals surface area contributed by atoms with Gasteiger partial charge in [0.2, 0.25) is 0 Å². The Labute approximate surface area is 164 Å². The predicted molar refractivity (Wildman–Crippen MR) is 102 cm³/mol. The van der Waals surface area contributed by atoms with Crippen molar-refractivity contribution in [2.45, 2.75) is 20.8 Å². The minimum atomic E-state index is -0.699. The molecule has 0 spiro atoms. The summed E-state index contributed by atoms with van der Waals surface area (Å²) in [5, 5.41) is 9.10. The monoisotopic (exact) mass is 388 g/mol. The Kier molecular flexibility index (Phi) is 9.23. The fourth-order valence-electron chi connectivity index (χ4n) is 2.39. The molecule has 0 aliphatic rings. The molecule has 1 aromatic carbocycles. The van der Waals surface area contributed by atoms with E-state index in [1.807, 2.05) is 30.0 Å². The van der Waals surface area contributed by atoms with Crippen molar-refractivity contribution >= 4 is 29.7 Å². The zero-order valence-electron chi connectivity index (χ0n) is 16.5. The lowest BCUT2D eigenvalue weighted by Gasteiger charge is -2.25. The summed E-state index contributed by atoms with van der Waals surface area (Å²) >= 11 is 0. The van der Waals surface area contributed by atoms with Gasteiger partial charge in [-0.25, -0.2) is 4.79 Å². The van der Waals surface area contributed by atoms with Crippen molar-refractivity contribution in [2.24, 2.45) is 0 Å². The number of aryl methyl sites for hydroxylation is 1. The van der Waals surface area contributed by atoms with E-state index in [0.29, 0.717) is 18.7 Å². The Morgan fingerprint density at radius 1 is 1.11 bits per heavy atom. The number of methoxy groups -OCH3 is 1. The van der Waals surface area contributed by atoms with Gasteiger partial charge in [0, 0.05) is 19.5 Å². The van der Waals surface area contributed by atoms with Gasteiger partial charge in [-0.3, -0.25) is 9.59 Å². The molecule has 0 aliphatic carbocycles. The molecule has 1 rings (SSSR count). The van der Waals surface area contributed by atoms with Crippen LogP contribution in [0.25, 0.3) is 6.08 Å². The average molecular weight is 388 g/mol. The fourth-order valence-corrected chi connectivity index (χ4v) is 2.39. The molecule has 0 fully saturated rings. The quantitative estimate of drug-likeness (QED) is 0.274. The second-order valence-corrected chi connectivity index (χ2v) is 5.87. The van der Waals surface area contributed by atoms with E-state index >= 15 is 0 Å². The minimum Gasteiger partial charge on any atom is -0.465 e. The Hall–Kier alpha value is -3.34. The van der Waals surface area contributed by atoms with Gasteiger partial charge in [-0.2, -0.15) is 5.26 Å². The lowest BCUT2D eigenvalue weighted by atomic mass is 10.0. The lowest BCUT2D eigenvalue weighted by molar-refractivity contribution is -0.141. The molecule has 1 aromatic rings. The van der Waals surface area contributed by atoms with Crippen molar-refractivity contribution in [3.63, 3.8) is 0 Å². The molecule has 0 atom stereocenters. The number of hydrogen-bond acceptors (Lipinski definition) is 8. The number of anilines is 1. The molecule has 0 N–H and O–H groups in total. The lowest BCUT2D eigenvalue weighted by Crippen LogP contribution is -2.32. The van der Waals surface area contributed by atoms with Gasteiger partial charge in [0.1, 0.15) is 24.9 Å². The van der Waals surface area contributed by atoms with Gasteiger partial charge < -0.3 is 19.1 Å². The third-order valence-electron chi connectivity index (χ3n) is 3.78. The molecule has 0 amide bonds.